The summed E-state index contributed by atoms with van der Waals surface area (Å²) in [7, 11) is -0.566. The van der Waals surface area contributed by atoms with Crippen molar-refractivity contribution in [3.8, 4) is 0 Å². The molecule has 2 aliphatic rings. The Kier molecular flexibility index (Phi) is 3.77. The number of hydrogen-bond acceptors (Lipinski definition) is 3. The van der Waals surface area contributed by atoms with Crippen LogP contribution in [-0.4, -0.2) is 46.3 Å². The zero-order valence-electron chi connectivity index (χ0n) is 10.6. The Morgan fingerprint density at radius 3 is 2.72 bits per heavy atom. The van der Waals surface area contributed by atoms with Gasteiger partial charge in [-0.1, -0.05) is 24.3 Å². The normalized spacial score (nSPS) is 25.9. The van der Waals surface area contributed by atoms with Gasteiger partial charge in [0.05, 0.1) is 0 Å². The third-order valence-electron chi connectivity index (χ3n) is 3.91. The lowest BCUT2D eigenvalue weighted by Crippen LogP contribution is -2.48. The second kappa shape index (κ2) is 5.51. The number of hydrogen-bond donors (Lipinski definition) is 1. The standard InChI is InChI=1S/C14H20N2OS/c17-18-7-5-16(6-8-18)11-14-9-12-3-1-2-4-13(12)10-15-14/h1-4,14-15H,5-11H2. The number of nitrogens with zero attached hydrogens (tertiary/aromatic N) is 1. The quantitative estimate of drug-likeness (QED) is 0.856. The van der Waals surface area contributed by atoms with Gasteiger partial charge in [0.2, 0.25) is 0 Å². The summed E-state index contributed by atoms with van der Waals surface area (Å²) >= 11 is 0. The molecule has 4 heteroatoms. The van der Waals surface area contributed by atoms with Gasteiger partial charge in [-0.15, -0.1) is 0 Å². The molecule has 1 saturated heterocycles. The molecule has 3 nitrogen and oxygen atoms in total. The second-order valence-corrected chi connectivity index (χ2v) is 6.90. The van der Waals surface area contributed by atoms with Gasteiger partial charge in [0.1, 0.15) is 0 Å². The Balaban J connectivity index is 1.58. The van der Waals surface area contributed by atoms with Gasteiger partial charge in [-0.25, -0.2) is 0 Å². The van der Waals surface area contributed by atoms with E-state index in [1.165, 1.54) is 11.1 Å². The van der Waals surface area contributed by atoms with Crippen LogP contribution in [0, 0.1) is 0 Å². The molecule has 2 heterocycles. The zero-order valence-corrected chi connectivity index (χ0v) is 11.4. The fraction of sp³-hybridized carbons (Fsp3) is 0.571. The number of benzene rings is 1. The van der Waals surface area contributed by atoms with Crippen LogP contribution < -0.4 is 5.32 Å². The molecule has 3 rings (SSSR count). The molecule has 1 aromatic carbocycles. The molecule has 0 amide bonds. The molecule has 98 valence electrons. The van der Waals surface area contributed by atoms with Crippen LogP contribution in [0.25, 0.3) is 0 Å². The van der Waals surface area contributed by atoms with Crippen LogP contribution in [0.4, 0.5) is 0 Å². The predicted octanol–water partition coefficient (Wildman–Crippen LogP) is 0.765. The van der Waals surface area contributed by atoms with Gasteiger partial charge in [-0.3, -0.25) is 9.11 Å². The van der Waals surface area contributed by atoms with Crippen LogP contribution >= 0.6 is 0 Å². The third-order valence-corrected chi connectivity index (χ3v) is 5.19. The minimum atomic E-state index is -0.566. The summed E-state index contributed by atoms with van der Waals surface area (Å²) in [5.41, 5.74) is 2.93. The minimum absolute atomic E-state index is 0.548. The monoisotopic (exact) mass is 264 g/mol. The SMILES string of the molecule is O=S1CCN(CC2Cc3ccccc3CN2)CC1. The van der Waals surface area contributed by atoms with Crippen molar-refractivity contribution in [2.75, 3.05) is 31.1 Å². The van der Waals surface area contributed by atoms with Gasteiger partial charge in [-0.2, -0.15) is 0 Å². The summed E-state index contributed by atoms with van der Waals surface area (Å²) in [4.78, 5) is 2.45. The molecule has 1 unspecified atom stereocenters. The molecular formula is C14H20N2OS. The van der Waals surface area contributed by atoms with Crippen molar-refractivity contribution in [3.05, 3.63) is 35.4 Å². The van der Waals surface area contributed by atoms with Crippen LogP contribution in [0.5, 0.6) is 0 Å². The second-order valence-electron chi connectivity index (χ2n) is 5.20. The lowest BCUT2D eigenvalue weighted by atomic mass is 9.95. The topological polar surface area (TPSA) is 32.3 Å². The highest BCUT2D eigenvalue weighted by molar-refractivity contribution is 7.85. The summed E-state index contributed by atoms with van der Waals surface area (Å²) in [6.45, 7) is 4.06. The minimum Gasteiger partial charge on any atom is -0.308 e. The summed E-state index contributed by atoms with van der Waals surface area (Å²) in [6, 6.07) is 9.25. The maximum atomic E-state index is 11.3. The van der Waals surface area contributed by atoms with Gasteiger partial charge in [0, 0.05) is 54.5 Å². The van der Waals surface area contributed by atoms with Crippen molar-refractivity contribution >= 4 is 10.8 Å². The highest BCUT2D eigenvalue weighted by Gasteiger charge is 2.22. The first-order valence-corrected chi connectivity index (χ1v) is 8.17. The average Bonchev–Trinajstić information content (AvgIpc) is 2.41. The Labute approximate surface area is 111 Å². The van der Waals surface area contributed by atoms with E-state index >= 15 is 0 Å². The maximum absolute atomic E-state index is 11.3. The molecule has 0 spiro atoms. The molecular weight excluding hydrogens is 244 g/mol. The first-order valence-electron chi connectivity index (χ1n) is 6.69. The fourth-order valence-corrected chi connectivity index (χ4v) is 3.95. The van der Waals surface area contributed by atoms with Crippen molar-refractivity contribution in [1.82, 2.24) is 10.2 Å². The average molecular weight is 264 g/mol. The Morgan fingerprint density at radius 2 is 1.94 bits per heavy atom. The molecule has 1 N–H and O–H groups in total. The van der Waals surface area contributed by atoms with Crippen LogP contribution in [0.1, 0.15) is 11.1 Å². The maximum Gasteiger partial charge on any atom is 0.0363 e. The zero-order chi connectivity index (χ0) is 12.4. The summed E-state index contributed by atoms with van der Waals surface area (Å²) in [5.74, 6) is 1.70. The Bertz CT molecular complexity index is 439. The van der Waals surface area contributed by atoms with E-state index in [1.54, 1.807) is 0 Å². The van der Waals surface area contributed by atoms with E-state index in [0.29, 0.717) is 6.04 Å². The van der Waals surface area contributed by atoms with E-state index < -0.39 is 10.8 Å². The van der Waals surface area contributed by atoms with Crippen molar-refractivity contribution in [2.24, 2.45) is 0 Å². The van der Waals surface area contributed by atoms with E-state index in [4.69, 9.17) is 0 Å². The summed E-state index contributed by atoms with van der Waals surface area (Å²) in [5, 5.41) is 3.62. The first-order chi connectivity index (χ1) is 8.81. The van der Waals surface area contributed by atoms with Crippen molar-refractivity contribution < 1.29 is 4.21 Å². The van der Waals surface area contributed by atoms with Crippen molar-refractivity contribution in [2.45, 2.75) is 19.0 Å². The number of nitrogens with one attached hydrogen (secondary N) is 1. The van der Waals surface area contributed by atoms with Gasteiger partial charge in [0.15, 0.2) is 0 Å². The molecule has 2 aliphatic heterocycles. The van der Waals surface area contributed by atoms with Gasteiger partial charge in [-0.05, 0) is 17.5 Å². The molecule has 0 saturated carbocycles. The third kappa shape index (κ3) is 2.82. The van der Waals surface area contributed by atoms with Crippen molar-refractivity contribution in [1.29, 1.82) is 0 Å². The largest absolute Gasteiger partial charge is 0.308 e. The highest BCUT2D eigenvalue weighted by Crippen LogP contribution is 2.17. The summed E-state index contributed by atoms with van der Waals surface area (Å²) in [6.07, 6.45) is 1.12. The molecule has 1 aromatic rings. The number of fused-ring (bicyclic) bond motifs is 1. The molecule has 1 fully saturated rings. The van der Waals surface area contributed by atoms with E-state index in [1.807, 2.05) is 0 Å². The van der Waals surface area contributed by atoms with Crippen LogP contribution in [-0.2, 0) is 23.8 Å². The van der Waals surface area contributed by atoms with Crippen LogP contribution in [0.2, 0.25) is 0 Å². The van der Waals surface area contributed by atoms with Crippen molar-refractivity contribution in [3.63, 3.8) is 0 Å². The molecule has 0 aromatic heterocycles. The van der Waals surface area contributed by atoms with E-state index in [0.717, 1.165) is 44.1 Å². The summed E-state index contributed by atoms with van der Waals surface area (Å²) < 4.78 is 11.3. The smallest absolute Gasteiger partial charge is 0.0363 e. The van der Waals surface area contributed by atoms with E-state index in [-0.39, 0.29) is 0 Å². The molecule has 1 atom stereocenters. The Hall–Kier alpha value is -0.710. The lowest BCUT2D eigenvalue weighted by molar-refractivity contribution is 0.255. The number of rotatable bonds is 2. The fourth-order valence-electron chi connectivity index (χ4n) is 2.82. The van der Waals surface area contributed by atoms with Gasteiger partial charge < -0.3 is 5.32 Å². The first kappa shape index (κ1) is 12.3. The molecule has 0 aliphatic carbocycles. The molecule has 0 radical (unpaired) electrons. The predicted molar refractivity (Wildman–Crippen MR) is 75.1 cm³/mol. The molecule has 18 heavy (non-hydrogen) atoms. The van der Waals surface area contributed by atoms with E-state index in [9.17, 15) is 4.21 Å². The Morgan fingerprint density at radius 1 is 1.22 bits per heavy atom. The van der Waals surface area contributed by atoms with Gasteiger partial charge >= 0.3 is 0 Å². The van der Waals surface area contributed by atoms with Gasteiger partial charge in [0.25, 0.3) is 0 Å². The van der Waals surface area contributed by atoms with E-state index in [2.05, 4.69) is 34.5 Å². The van der Waals surface area contributed by atoms with Crippen LogP contribution in [0.15, 0.2) is 24.3 Å². The lowest BCUT2D eigenvalue weighted by Gasteiger charge is -2.33. The molecule has 0 bridgehead atoms. The highest BCUT2D eigenvalue weighted by atomic mass is 32.2. The van der Waals surface area contributed by atoms with Crippen LogP contribution in [0.3, 0.4) is 0 Å².